The van der Waals surface area contributed by atoms with Gasteiger partial charge in [-0.3, -0.25) is 9.59 Å². The van der Waals surface area contributed by atoms with Gasteiger partial charge in [0.25, 0.3) is 11.5 Å². The van der Waals surface area contributed by atoms with Crippen molar-refractivity contribution in [2.75, 3.05) is 6.54 Å². The monoisotopic (exact) mass is 284 g/mol. The van der Waals surface area contributed by atoms with E-state index in [-0.39, 0.29) is 17.0 Å². The third-order valence-electron chi connectivity index (χ3n) is 3.55. The molecule has 0 saturated heterocycles. The number of pyridine rings is 1. The second-order valence-corrected chi connectivity index (χ2v) is 5.20. The van der Waals surface area contributed by atoms with E-state index in [0.717, 1.165) is 12.0 Å². The highest BCUT2D eigenvalue weighted by atomic mass is 16.2. The molecule has 21 heavy (non-hydrogen) atoms. The van der Waals surface area contributed by atoms with Gasteiger partial charge in [0.15, 0.2) is 0 Å². The number of hydrogen-bond acceptors (Lipinski definition) is 2. The SMILES string of the molecule is CC[C@@H](C)CNC(=O)c1ccc(-c2ccccc2)[nH]c1=O. The molecular weight excluding hydrogens is 264 g/mol. The van der Waals surface area contributed by atoms with E-state index in [4.69, 9.17) is 0 Å². The van der Waals surface area contributed by atoms with E-state index in [0.29, 0.717) is 18.2 Å². The first-order chi connectivity index (χ1) is 10.1. The molecule has 0 unspecified atom stereocenters. The minimum absolute atomic E-state index is 0.151. The Kier molecular flexibility index (Phi) is 4.93. The van der Waals surface area contributed by atoms with Crippen LogP contribution < -0.4 is 10.9 Å². The lowest BCUT2D eigenvalue weighted by Gasteiger charge is -2.10. The maximum absolute atomic E-state index is 12.1. The zero-order valence-corrected chi connectivity index (χ0v) is 12.3. The van der Waals surface area contributed by atoms with Crippen molar-refractivity contribution in [3.05, 3.63) is 58.4 Å². The van der Waals surface area contributed by atoms with Crippen molar-refractivity contribution < 1.29 is 4.79 Å². The van der Waals surface area contributed by atoms with Crippen LogP contribution in [0.3, 0.4) is 0 Å². The molecule has 2 N–H and O–H groups in total. The third-order valence-corrected chi connectivity index (χ3v) is 3.55. The average molecular weight is 284 g/mol. The Morgan fingerprint density at radius 3 is 2.52 bits per heavy atom. The number of aromatic nitrogens is 1. The van der Waals surface area contributed by atoms with Crippen LogP contribution >= 0.6 is 0 Å². The molecule has 0 bridgehead atoms. The minimum Gasteiger partial charge on any atom is -0.352 e. The Morgan fingerprint density at radius 2 is 1.90 bits per heavy atom. The van der Waals surface area contributed by atoms with Gasteiger partial charge in [0.2, 0.25) is 0 Å². The van der Waals surface area contributed by atoms with E-state index in [9.17, 15) is 9.59 Å². The lowest BCUT2D eigenvalue weighted by atomic mass is 10.1. The van der Waals surface area contributed by atoms with Crippen LogP contribution in [0.2, 0.25) is 0 Å². The molecule has 110 valence electrons. The van der Waals surface area contributed by atoms with E-state index < -0.39 is 0 Å². The molecule has 0 aliphatic carbocycles. The molecule has 1 aromatic carbocycles. The van der Waals surface area contributed by atoms with Crippen molar-refractivity contribution in [3.8, 4) is 11.3 Å². The van der Waals surface area contributed by atoms with E-state index >= 15 is 0 Å². The number of benzene rings is 1. The quantitative estimate of drug-likeness (QED) is 0.887. The molecular formula is C17H20N2O2. The number of carbonyl (C=O) groups is 1. The summed E-state index contributed by atoms with van der Waals surface area (Å²) in [7, 11) is 0. The van der Waals surface area contributed by atoms with Crippen LogP contribution in [0.5, 0.6) is 0 Å². The summed E-state index contributed by atoms with van der Waals surface area (Å²) in [4.78, 5) is 26.8. The van der Waals surface area contributed by atoms with Crippen molar-refractivity contribution in [2.24, 2.45) is 5.92 Å². The van der Waals surface area contributed by atoms with Gasteiger partial charge >= 0.3 is 0 Å². The van der Waals surface area contributed by atoms with Crippen LogP contribution in [-0.4, -0.2) is 17.4 Å². The van der Waals surface area contributed by atoms with Gasteiger partial charge in [0, 0.05) is 12.2 Å². The number of nitrogens with one attached hydrogen (secondary N) is 2. The predicted octanol–water partition coefficient (Wildman–Crippen LogP) is 2.82. The van der Waals surface area contributed by atoms with Crippen LogP contribution in [-0.2, 0) is 0 Å². The summed E-state index contributed by atoms with van der Waals surface area (Å²) < 4.78 is 0. The normalized spacial score (nSPS) is 11.9. The van der Waals surface area contributed by atoms with E-state index in [1.165, 1.54) is 0 Å². The van der Waals surface area contributed by atoms with Crippen LogP contribution in [0.15, 0.2) is 47.3 Å². The van der Waals surface area contributed by atoms with Gasteiger partial charge in [-0.15, -0.1) is 0 Å². The van der Waals surface area contributed by atoms with Crippen molar-refractivity contribution in [1.82, 2.24) is 10.3 Å². The van der Waals surface area contributed by atoms with E-state index in [2.05, 4.69) is 24.1 Å². The molecule has 0 spiro atoms. The second-order valence-electron chi connectivity index (χ2n) is 5.20. The molecule has 0 fully saturated rings. The highest BCUT2D eigenvalue weighted by molar-refractivity contribution is 5.94. The molecule has 1 aromatic heterocycles. The second kappa shape index (κ2) is 6.88. The minimum atomic E-state index is -0.363. The molecule has 2 aromatic rings. The first kappa shape index (κ1) is 15.0. The zero-order valence-electron chi connectivity index (χ0n) is 12.3. The van der Waals surface area contributed by atoms with Gasteiger partial charge in [-0.1, -0.05) is 50.6 Å². The maximum Gasteiger partial charge on any atom is 0.261 e. The summed E-state index contributed by atoms with van der Waals surface area (Å²) in [6, 6.07) is 12.9. The Hall–Kier alpha value is -2.36. The number of aromatic amines is 1. The summed E-state index contributed by atoms with van der Waals surface area (Å²) in [5.74, 6) is 0.0767. The van der Waals surface area contributed by atoms with Crippen LogP contribution in [0.1, 0.15) is 30.6 Å². The lowest BCUT2D eigenvalue weighted by Crippen LogP contribution is -2.32. The van der Waals surface area contributed by atoms with Gasteiger partial charge in [0.05, 0.1) is 0 Å². The molecule has 0 saturated carbocycles. The van der Waals surface area contributed by atoms with E-state index in [1.807, 2.05) is 30.3 Å². The number of H-pyrrole nitrogens is 1. The van der Waals surface area contributed by atoms with Crippen LogP contribution in [0, 0.1) is 5.92 Å². The fourth-order valence-corrected chi connectivity index (χ4v) is 1.95. The highest BCUT2D eigenvalue weighted by Gasteiger charge is 2.11. The summed E-state index contributed by atoms with van der Waals surface area (Å²) in [6.07, 6.45) is 0.990. The third kappa shape index (κ3) is 3.81. The predicted molar refractivity (Wildman–Crippen MR) is 84.3 cm³/mol. The van der Waals surface area contributed by atoms with E-state index in [1.54, 1.807) is 12.1 Å². The van der Waals surface area contributed by atoms with Gasteiger partial charge in [0.1, 0.15) is 5.56 Å². The van der Waals surface area contributed by atoms with Crippen LogP contribution in [0.25, 0.3) is 11.3 Å². The molecule has 4 nitrogen and oxygen atoms in total. The maximum atomic E-state index is 12.1. The number of rotatable bonds is 5. The summed E-state index contributed by atoms with van der Waals surface area (Å²) >= 11 is 0. The standard InChI is InChI=1S/C17H20N2O2/c1-3-12(2)11-18-16(20)14-9-10-15(19-17(14)21)13-7-5-4-6-8-13/h4-10,12H,3,11H2,1-2H3,(H,18,20)(H,19,21)/t12-/m1/s1. The lowest BCUT2D eigenvalue weighted by molar-refractivity contribution is 0.0946. The Labute approximate surface area is 124 Å². The fraction of sp³-hybridized carbons (Fsp3) is 0.294. The summed E-state index contributed by atoms with van der Waals surface area (Å²) in [5.41, 5.74) is 1.41. The summed E-state index contributed by atoms with van der Waals surface area (Å²) in [6.45, 7) is 4.70. The molecule has 4 heteroatoms. The summed E-state index contributed by atoms with van der Waals surface area (Å²) in [5, 5.41) is 2.79. The van der Waals surface area contributed by atoms with Crippen molar-refractivity contribution in [2.45, 2.75) is 20.3 Å². The van der Waals surface area contributed by atoms with Crippen molar-refractivity contribution in [1.29, 1.82) is 0 Å². The number of hydrogen-bond donors (Lipinski definition) is 2. The molecule has 1 atom stereocenters. The Balaban J connectivity index is 2.16. The molecule has 1 heterocycles. The van der Waals surface area contributed by atoms with Gasteiger partial charge in [-0.2, -0.15) is 0 Å². The van der Waals surface area contributed by atoms with Crippen LogP contribution in [0.4, 0.5) is 0 Å². The Bertz CT molecular complexity index is 662. The molecule has 2 rings (SSSR count). The highest BCUT2D eigenvalue weighted by Crippen LogP contribution is 2.14. The van der Waals surface area contributed by atoms with Crippen molar-refractivity contribution in [3.63, 3.8) is 0 Å². The molecule has 0 radical (unpaired) electrons. The van der Waals surface area contributed by atoms with Gasteiger partial charge in [-0.05, 0) is 23.6 Å². The van der Waals surface area contributed by atoms with Gasteiger partial charge < -0.3 is 10.3 Å². The largest absolute Gasteiger partial charge is 0.352 e. The van der Waals surface area contributed by atoms with Gasteiger partial charge in [-0.25, -0.2) is 0 Å². The molecule has 1 amide bonds. The molecule has 0 aliphatic rings. The number of carbonyl (C=O) groups excluding carboxylic acids is 1. The average Bonchev–Trinajstić information content (AvgIpc) is 2.53. The first-order valence-corrected chi connectivity index (χ1v) is 7.18. The topological polar surface area (TPSA) is 62.0 Å². The first-order valence-electron chi connectivity index (χ1n) is 7.18. The Morgan fingerprint density at radius 1 is 1.19 bits per heavy atom. The molecule has 0 aliphatic heterocycles. The smallest absolute Gasteiger partial charge is 0.261 e. The fourth-order valence-electron chi connectivity index (χ4n) is 1.95. The number of amides is 1. The van der Waals surface area contributed by atoms with Crippen molar-refractivity contribution >= 4 is 5.91 Å². The zero-order chi connectivity index (χ0) is 15.2.